The number of hydrogen-bond acceptors (Lipinski definition) is 5. The summed E-state index contributed by atoms with van der Waals surface area (Å²) in [5.41, 5.74) is 2.99. The lowest BCUT2D eigenvalue weighted by molar-refractivity contribution is -0.208. The summed E-state index contributed by atoms with van der Waals surface area (Å²) in [5, 5.41) is 22.8. The van der Waals surface area contributed by atoms with Gasteiger partial charge < -0.3 is 14.4 Å². The number of aromatic hydroxyl groups is 1. The van der Waals surface area contributed by atoms with Gasteiger partial charge in [-0.05, 0) is 135 Å². The van der Waals surface area contributed by atoms with Crippen LogP contribution in [0.4, 0.5) is 0 Å². The minimum Gasteiger partial charge on any atom is -0.508 e. The smallest absolute Gasteiger partial charge is 0.446 e. The molecule has 7 heteroatoms. The lowest BCUT2D eigenvalue weighted by Crippen LogP contribution is -2.63. The second-order valence-corrected chi connectivity index (χ2v) is 18.0. The summed E-state index contributed by atoms with van der Waals surface area (Å²) in [7, 11) is -4.68. The molecule has 240 valence electrons. The van der Waals surface area contributed by atoms with E-state index in [1.807, 2.05) is 0 Å². The predicted molar refractivity (Wildman–Crippen MR) is 169 cm³/mol. The topological polar surface area (TPSA) is 104 Å². The van der Waals surface area contributed by atoms with E-state index in [1.54, 1.807) is 0 Å². The summed E-state index contributed by atoms with van der Waals surface area (Å²) in [4.78, 5) is 0. The zero-order chi connectivity index (χ0) is 31.4. The van der Waals surface area contributed by atoms with Crippen LogP contribution in [-0.2, 0) is 22.2 Å². The summed E-state index contributed by atoms with van der Waals surface area (Å²) >= 11 is 0. The van der Waals surface area contributed by atoms with E-state index in [1.165, 1.54) is 30.5 Å². The highest BCUT2D eigenvalue weighted by molar-refractivity contribution is 7.81. The van der Waals surface area contributed by atoms with Gasteiger partial charge in [0.1, 0.15) is 11.5 Å². The van der Waals surface area contributed by atoms with Crippen molar-refractivity contribution in [3.05, 3.63) is 34.9 Å². The molecule has 6 nitrogen and oxygen atoms in total. The molecule has 0 spiro atoms. The average Bonchev–Trinajstić information content (AvgIpc) is 3.22. The maximum Gasteiger partial charge on any atom is 0.446 e. The van der Waals surface area contributed by atoms with E-state index in [-0.39, 0.29) is 50.6 Å². The van der Waals surface area contributed by atoms with Crippen molar-refractivity contribution in [3.63, 3.8) is 0 Å². The molecule has 0 aromatic heterocycles. The molecule has 0 bridgehead atoms. The third-order valence-electron chi connectivity index (χ3n) is 14.5. The number of fused-ring (bicyclic) bond motifs is 7. The standard InChI is InChI=1S/C36H54O6S/c1-22-9-8-16-32(2,3)24(22)12-17-35(6)28-13-18-34(5)27(33(28,4)20-15-30(35)38)14-19-36(7)29(34)21-23-26(42-43(39,40)41)11-10-25(37)31(23)36/h9-11,24,27-30,37-38H,8,12-21H2,1-7H3,(H,39,40,41)/t24?,27-,28-,29+,30+,33-,34-,35+,36+/m1/s1. The third-order valence-corrected chi connectivity index (χ3v) is 14.9. The van der Waals surface area contributed by atoms with Crippen molar-refractivity contribution in [2.45, 2.75) is 131 Å². The highest BCUT2D eigenvalue weighted by atomic mass is 32.3. The van der Waals surface area contributed by atoms with Crippen LogP contribution in [-0.4, -0.2) is 29.3 Å². The first-order chi connectivity index (χ1) is 19.9. The fourth-order valence-electron chi connectivity index (χ4n) is 12.4. The van der Waals surface area contributed by atoms with E-state index in [2.05, 4.69) is 54.5 Å². The molecular formula is C36H54O6S. The Bertz CT molecular complexity index is 1430. The molecule has 0 amide bonds. The molecule has 43 heavy (non-hydrogen) atoms. The molecule has 6 rings (SSSR count). The van der Waals surface area contributed by atoms with Crippen LogP contribution in [0.5, 0.6) is 11.5 Å². The number of allylic oxidation sites excluding steroid dienone is 2. The highest BCUT2D eigenvalue weighted by Crippen LogP contribution is 2.74. The van der Waals surface area contributed by atoms with Gasteiger partial charge in [-0.15, -0.1) is 0 Å². The summed E-state index contributed by atoms with van der Waals surface area (Å²) < 4.78 is 38.0. The van der Waals surface area contributed by atoms with E-state index in [0.717, 1.165) is 62.5 Å². The maximum atomic E-state index is 11.7. The molecular weight excluding hydrogens is 560 g/mol. The van der Waals surface area contributed by atoms with Crippen molar-refractivity contribution in [2.24, 2.45) is 45.3 Å². The molecule has 0 radical (unpaired) electrons. The van der Waals surface area contributed by atoms with Crippen molar-refractivity contribution in [3.8, 4) is 11.5 Å². The summed E-state index contributed by atoms with van der Waals surface area (Å²) in [6, 6.07) is 2.98. The molecule has 0 saturated heterocycles. The van der Waals surface area contributed by atoms with Gasteiger partial charge in [0, 0.05) is 16.5 Å². The van der Waals surface area contributed by atoms with Crippen LogP contribution >= 0.6 is 0 Å². The zero-order valence-electron chi connectivity index (χ0n) is 27.4. The summed E-state index contributed by atoms with van der Waals surface area (Å²) in [6.45, 7) is 16.8. The van der Waals surface area contributed by atoms with Gasteiger partial charge in [0.25, 0.3) is 0 Å². The monoisotopic (exact) mass is 614 g/mol. The predicted octanol–water partition coefficient (Wildman–Crippen LogP) is 8.16. The number of phenolic OH excluding ortho intramolecular Hbond substituents is 1. The quantitative estimate of drug-likeness (QED) is 0.228. The molecule has 3 N–H and O–H groups in total. The molecule has 0 heterocycles. The van der Waals surface area contributed by atoms with Gasteiger partial charge >= 0.3 is 10.4 Å². The van der Waals surface area contributed by atoms with Crippen molar-refractivity contribution in [1.82, 2.24) is 0 Å². The lowest BCUT2D eigenvalue weighted by atomic mass is 9.36. The molecule has 1 unspecified atom stereocenters. The van der Waals surface area contributed by atoms with Crippen LogP contribution in [0.2, 0.25) is 0 Å². The molecule has 5 aliphatic rings. The Morgan fingerprint density at radius 3 is 2.23 bits per heavy atom. The van der Waals surface area contributed by atoms with Crippen LogP contribution in [0.15, 0.2) is 23.8 Å². The average molecular weight is 615 g/mol. The molecule has 3 saturated carbocycles. The number of rotatable bonds is 5. The van der Waals surface area contributed by atoms with Crippen LogP contribution < -0.4 is 4.18 Å². The molecule has 9 atom stereocenters. The fourth-order valence-corrected chi connectivity index (χ4v) is 12.8. The fraction of sp³-hybridized carbons (Fsp3) is 0.778. The SMILES string of the molecule is CC1=CCCC(C)(C)C1CC[C@@]1(C)[C@@H]2CC[C@]3(C)[C@H](CC[C@]4(C)c5c(O)ccc(OS(=O)(=O)O)c5C[C@@H]34)[C@@]2(C)CC[C@@H]1O. The van der Waals surface area contributed by atoms with Crippen molar-refractivity contribution in [1.29, 1.82) is 0 Å². The Labute approximate surface area is 259 Å². The van der Waals surface area contributed by atoms with Crippen LogP contribution in [0.3, 0.4) is 0 Å². The van der Waals surface area contributed by atoms with Crippen LogP contribution in [0.25, 0.3) is 0 Å². The Morgan fingerprint density at radius 2 is 1.56 bits per heavy atom. The largest absolute Gasteiger partial charge is 0.508 e. The maximum absolute atomic E-state index is 11.7. The minimum atomic E-state index is -4.68. The first kappa shape index (κ1) is 31.4. The Kier molecular flexibility index (Phi) is 7.28. The summed E-state index contributed by atoms with van der Waals surface area (Å²) in [6.07, 6.45) is 13.3. The van der Waals surface area contributed by atoms with E-state index in [4.69, 9.17) is 4.18 Å². The first-order valence-corrected chi connectivity index (χ1v) is 18.1. The zero-order valence-corrected chi connectivity index (χ0v) is 28.2. The van der Waals surface area contributed by atoms with Gasteiger partial charge in [-0.2, -0.15) is 8.42 Å². The van der Waals surface area contributed by atoms with Gasteiger partial charge in [0.2, 0.25) is 0 Å². The van der Waals surface area contributed by atoms with Crippen molar-refractivity contribution < 1.29 is 27.4 Å². The van der Waals surface area contributed by atoms with E-state index in [0.29, 0.717) is 24.2 Å². The molecule has 3 fully saturated rings. The Morgan fingerprint density at radius 1 is 0.907 bits per heavy atom. The van der Waals surface area contributed by atoms with E-state index < -0.39 is 10.4 Å². The van der Waals surface area contributed by atoms with Gasteiger partial charge in [-0.3, -0.25) is 4.55 Å². The van der Waals surface area contributed by atoms with Crippen LogP contribution in [0.1, 0.15) is 124 Å². The van der Waals surface area contributed by atoms with Crippen LogP contribution in [0, 0.1) is 45.3 Å². The van der Waals surface area contributed by atoms with Gasteiger partial charge in [-0.1, -0.05) is 53.2 Å². The first-order valence-electron chi connectivity index (χ1n) is 16.7. The number of hydrogen-bond donors (Lipinski definition) is 3. The molecule has 1 aromatic rings. The Hall–Kier alpha value is -1.57. The third kappa shape index (κ3) is 4.64. The summed E-state index contributed by atoms with van der Waals surface area (Å²) in [5.74, 6) is 2.02. The van der Waals surface area contributed by atoms with Gasteiger partial charge in [0.05, 0.1) is 6.10 Å². The minimum absolute atomic E-state index is 0.00699. The van der Waals surface area contributed by atoms with Gasteiger partial charge in [-0.25, -0.2) is 0 Å². The molecule has 0 aliphatic heterocycles. The van der Waals surface area contributed by atoms with Gasteiger partial charge in [0.15, 0.2) is 0 Å². The van der Waals surface area contributed by atoms with Crippen molar-refractivity contribution in [2.75, 3.05) is 0 Å². The second-order valence-electron chi connectivity index (χ2n) is 16.9. The number of aliphatic hydroxyl groups excluding tert-OH is 1. The number of benzene rings is 1. The second kappa shape index (κ2) is 9.96. The Balaban J connectivity index is 1.32. The normalized spacial score (nSPS) is 43.6. The van der Waals surface area contributed by atoms with Crippen molar-refractivity contribution >= 4 is 10.4 Å². The molecule has 5 aliphatic carbocycles. The number of aliphatic hydroxyl groups is 1. The molecule has 1 aromatic carbocycles. The lowest BCUT2D eigenvalue weighted by Gasteiger charge is -2.68. The van der Waals surface area contributed by atoms with E-state index in [9.17, 15) is 23.2 Å². The highest BCUT2D eigenvalue weighted by Gasteiger charge is 2.67. The number of phenols is 1. The van der Waals surface area contributed by atoms with E-state index >= 15 is 0 Å².